The molecule has 2 atom stereocenters. The van der Waals surface area contributed by atoms with E-state index in [-0.39, 0.29) is 23.2 Å². The highest BCUT2D eigenvalue weighted by Gasteiger charge is 2.39. The molecule has 3 rings (SSSR count). The SMILES string of the molecule is CC1CC1C(=O)Nc1ccc(C(=O)Nc2cc(F)ccc2NC(=O)OC(C)(C)C)cc1. The average Bonchev–Trinajstić information content (AvgIpc) is 3.40. The Morgan fingerprint density at radius 1 is 0.968 bits per heavy atom. The monoisotopic (exact) mass is 427 g/mol. The molecule has 3 N–H and O–H groups in total. The summed E-state index contributed by atoms with van der Waals surface area (Å²) in [6.45, 7) is 7.18. The molecule has 0 aromatic heterocycles. The van der Waals surface area contributed by atoms with Crippen LogP contribution >= 0.6 is 0 Å². The molecule has 1 aliphatic carbocycles. The highest BCUT2D eigenvalue weighted by Crippen LogP contribution is 2.38. The molecule has 0 aliphatic heterocycles. The quantitative estimate of drug-likeness (QED) is 0.624. The average molecular weight is 427 g/mol. The third-order valence-corrected chi connectivity index (χ3v) is 4.73. The smallest absolute Gasteiger partial charge is 0.412 e. The van der Waals surface area contributed by atoms with Crippen LogP contribution in [0.5, 0.6) is 0 Å². The summed E-state index contributed by atoms with van der Waals surface area (Å²) in [5, 5.41) is 7.93. The molecule has 0 saturated heterocycles. The molecule has 1 fully saturated rings. The minimum atomic E-state index is -0.723. The molecule has 2 unspecified atom stereocenters. The first-order valence-corrected chi connectivity index (χ1v) is 10.0. The molecular weight excluding hydrogens is 401 g/mol. The van der Waals surface area contributed by atoms with Crippen molar-refractivity contribution in [1.29, 1.82) is 0 Å². The van der Waals surface area contributed by atoms with Crippen LogP contribution < -0.4 is 16.0 Å². The van der Waals surface area contributed by atoms with Gasteiger partial charge in [0.25, 0.3) is 5.91 Å². The summed E-state index contributed by atoms with van der Waals surface area (Å²) < 4.78 is 18.9. The van der Waals surface area contributed by atoms with Gasteiger partial charge in [0.2, 0.25) is 5.91 Å². The van der Waals surface area contributed by atoms with E-state index in [2.05, 4.69) is 16.0 Å². The van der Waals surface area contributed by atoms with Crippen molar-refractivity contribution in [3.05, 3.63) is 53.8 Å². The summed E-state index contributed by atoms with van der Waals surface area (Å²) in [5.74, 6) is -0.641. The third kappa shape index (κ3) is 6.28. The van der Waals surface area contributed by atoms with Crippen LogP contribution in [0.3, 0.4) is 0 Å². The second kappa shape index (κ2) is 8.75. The van der Waals surface area contributed by atoms with Gasteiger partial charge in [-0.3, -0.25) is 14.9 Å². The van der Waals surface area contributed by atoms with Crippen molar-refractivity contribution in [2.45, 2.75) is 39.7 Å². The summed E-state index contributed by atoms with van der Waals surface area (Å²) in [6.07, 6.45) is 0.166. The Morgan fingerprint density at radius 3 is 2.19 bits per heavy atom. The zero-order chi connectivity index (χ0) is 22.8. The lowest BCUT2D eigenvalue weighted by atomic mass is 10.1. The van der Waals surface area contributed by atoms with Gasteiger partial charge in [-0.1, -0.05) is 6.92 Å². The molecule has 1 aliphatic rings. The minimum absolute atomic E-state index is 0.0256. The van der Waals surface area contributed by atoms with Crippen molar-refractivity contribution in [3.8, 4) is 0 Å². The van der Waals surface area contributed by atoms with Crippen LogP contribution in [0.15, 0.2) is 42.5 Å². The number of carbonyl (C=O) groups excluding carboxylic acids is 3. The number of halogens is 1. The maximum atomic E-state index is 13.7. The minimum Gasteiger partial charge on any atom is -0.444 e. The van der Waals surface area contributed by atoms with Gasteiger partial charge in [0, 0.05) is 17.2 Å². The normalized spacial score (nSPS) is 17.5. The topological polar surface area (TPSA) is 96.5 Å². The zero-order valence-electron chi connectivity index (χ0n) is 17.9. The van der Waals surface area contributed by atoms with Gasteiger partial charge < -0.3 is 15.4 Å². The van der Waals surface area contributed by atoms with E-state index >= 15 is 0 Å². The number of benzene rings is 2. The molecule has 0 heterocycles. The van der Waals surface area contributed by atoms with Crippen LogP contribution in [0, 0.1) is 17.7 Å². The maximum Gasteiger partial charge on any atom is 0.412 e. The van der Waals surface area contributed by atoms with Crippen LogP contribution in [0.25, 0.3) is 0 Å². The second-order valence-electron chi connectivity index (χ2n) is 8.66. The Hall–Kier alpha value is -3.42. The van der Waals surface area contributed by atoms with E-state index in [1.165, 1.54) is 12.1 Å². The van der Waals surface area contributed by atoms with Gasteiger partial charge in [0.15, 0.2) is 0 Å². The van der Waals surface area contributed by atoms with Gasteiger partial charge in [0.05, 0.1) is 11.4 Å². The highest BCUT2D eigenvalue weighted by atomic mass is 19.1. The number of rotatable bonds is 5. The summed E-state index contributed by atoms with van der Waals surface area (Å²) in [6, 6.07) is 9.99. The van der Waals surface area contributed by atoms with Gasteiger partial charge in [-0.15, -0.1) is 0 Å². The fourth-order valence-corrected chi connectivity index (χ4v) is 2.96. The van der Waals surface area contributed by atoms with Gasteiger partial charge >= 0.3 is 6.09 Å². The first kappa shape index (κ1) is 22.3. The number of nitrogens with one attached hydrogen (secondary N) is 3. The third-order valence-electron chi connectivity index (χ3n) is 4.73. The molecule has 2 aromatic carbocycles. The van der Waals surface area contributed by atoms with Crippen molar-refractivity contribution < 1.29 is 23.5 Å². The van der Waals surface area contributed by atoms with E-state index in [0.717, 1.165) is 12.5 Å². The van der Waals surface area contributed by atoms with Gasteiger partial charge in [-0.2, -0.15) is 0 Å². The largest absolute Gasteiger partial charge is 0.444 e. The predicted molar refractivity (Wildman–Crippen MR) is 117 cm³/mol. The van der Waals surface area contributed by atoms with Crippen molar-refractivity contribution in [2.24, 2.45) is 11.8 Å². The lowest BCUT2D eigenvalue weighted by molar-refractivity contribution is -0.117. The van der Waals surface area contributed by atoms with E-state index in [1.807, 2.05) is 6.92 Å². The highest BCUT2D eigenvalue weighted by molar-refractivity contribution is 6.07. The standard InChI is InChI=1S/C23H26FN3O4/c1-13-11-17(13)21(29)25-16-8-5-14(6-9-16)20(28)26-19-12-15(24)7-10-18(19)27-22(30)31-23(2,3)4/h5-10,12-13,17H,11H2,1-4H3,(H,25,29)(H,26,28)(H,27,30). The van der Waals surface area contributed by atoms with Crippen LogP contribution in [0.2, 0.25) is 0 Å². The van der Waals surface area contributed by atoms with Crippen LogP contribution in [0.1, 0.15) is 44.5 Å². The van der Waals surface area contributed by atoms with Crippen LogP contribution in [-0.2, 0) is 9.53 Å². The summed E-state index contributed by atoms with van der Waals surface area (Å²) >= 11 is 0. The number of anilines is 3. The predicted octanol–water partition coefficient (Wildman–Crippen LogP) is 5.02. The van der Waals surface area contributed by atoms with Crippen LogP contribution in [0.4, 0.5) is 26.2 Å². The molecule has 7 nitrogen and oxygen atoms in total. The number of ether oxygens (including phenoxy) is 1. The van der Waals surface area contributed by atoms with Crippen molar-refractivity contribution in [3.63, 3.8) is 0 Å². The van der Waals surface area contributed by atoms with E-state index in [1.54, 1.807) is 45.0 Å². The summed E-state index contributed by atoms with van der Waals surface area (Å²) in [4.78, 5) is 36.7. The van der Waals surface area contributed by atoms with Crippen molar-refractivity contribution in [2.75, 3.05) is 16.0 Å². The Labute approximate surface area is 180 Å². The lowest BCUT2D eigenvalue weighted by Crippen LogP contribution is -2.27. The molecule has 3 amide bonds. The van der Waals surface area contributed by atoms with E-state index in [9.17, 15) is 18.8 Å². The molecule has 8 heteroatoms. The Bertz CT molecular complexity index is 999. The van der Waals surface area contributed by atoms with Crippen LogP contribution in [-0.4, -0.2) is 23.5 Å². The maximum absolute atomic E-state index is 13.7. The van der Waals surface area contributed by atoms with E-state index in [4.69, 9.17) is 4.74 Å². The van der Waals surface area contributed by atoms with Crippen molar-refractivity contribution >= 4 is 35.0 Å². The first-order chi connectivity index (χ1) is 14.5. The molecular formula is C23H26FN3O4. The van der Waals surface area contributed by atoms with E-state index < -0.39 is 23.4 Å². The Morgan fingerprint density at radius 2 is 1.61 bits per heavy atom. The fourth-order valence-electron chi connectivity index (χ4n) is 2.96. The molecule has 0 radical (unpaired) electrons. The van der Waals surface area contributed by atoms with E-state index in [0.29, 0.717) is 17.2 Å². The summed E-state index contributed by atoms with van der Waals surface area (Å²) in [5.41, 5.74) is 0.494. The number of amides is 3. The molecule has 2 aromatic rings. The summed E-state index contributed by atoms with van der Waals surface area (Å²) in [7, 11) is 0. The van der Waals surface area contributed by atoms with Crippen molar-refractivity contribution in [1.82, 2.24) is 0 Å². The first-order valence-electron chi connectivity index (χ1n) is 10.0. The Balaban J connectivity index is 1.67. The number of carbonyl (C=O) groups is 3. The number of hydrogen-bond donors (Lipinski definition) is 3. The molecule has 31 heavy (non-hydrogen) atoms. The molecule has 1 saturated carbocycles. The van der Waals surface area contributed by atoms with Gasteiger partial charge in [-0.05, 0) is 75.6 Å². The molecule has 164 valence electrons. The molecule has 0 bridgehead atoms. The zero-order valence-corrected chi connectivity index (χ0v) is 17.9. The van der Waals surface area contributed by atoms with Gasteiger partial charge in [0.1, 0.15) is 11.4 Å². The lowest BCUT2D eigenvalue weighted by Gasteiger charge is -2.20. The molecule has 0 spiro atoms. The Kier molecular flexibility index (Phi) is 6.29. The fraction of sp³-hybridized carbons (Fsp3) is 0.348. The number of hydrogen-bond acceptors (Lipinski definition) is 4. The second-order valence-corrected chi connectivity index (χ2v) is 8.66. The van der Waals surface area contributed by atoms with Gasteiger partial charge in [-0.25, -0.2) is 9.18 Å².